The lowest BCUT2D eigenvalue weighted by Gasteiger charge is -2.40. The van der Waals surface area contributed by atoms with E-state index in [0.717, 1.165) is 32.2 Å². The number of benzene rings is 1. The molecule has 2 atom stereocenters. The fourth-order valence-corrected chi connectivity index (χ4v) is 3.18. The van der Waals surface area contributed by atoms with Crippen LogP contribution in [0.1, 0.15) is 44.2 Å². The van der Waals surface area contributed by atoms with E-state index < -0.39 is 0 Å². The number of hydrogen-bond donors (Lipinski definition) is 1. The van der Waals surface area contributed by atoms with Crippen LogP contribution in [0.2, 0.25) is 0 Å². The highest BCUT2D eigenvalue weighted by Crippen LogP contribution is 2.31. The van der Waals surface area contributed by atoms with Crippen molar-refractivity contribution in [2.75, 3.05) is 19.7 Å². The molecule has 0 aromatic heterocycles. The topological polar surface area (TPSA) is 55.6 Å². The predicted octanol–water partition coefficient (Wildman–Crippen LogP) is 2.49. The number of carbonyl (C=O) groups excluding carboxylic acids is 1. The maximum atomic E-state index is 12.3. The molecule has 0 amide bonds. The van der Waals surface area contributed by atoms with Crippen molar-refractivity contribution in [2.24, 2.45) is 5.73 Å². The van der Waals surface area contributed by atoms with Gasteiger partial charge < -0.3 is 10.5 Å². The zero-order valence-corrected chi connectivity index (χ0v) is 12.8. The Bertz CT molecular complexity index is 436. The minimum absolute atomic E-state index is 0.0878. The molecule has 1 aliphatic heterocycles. The number of hydrogen-bond acceptors (Lipinski definition) is 4. The molecule has 4 nitrogen and oxygen atoms in total. The molecule has 1 aliphatic rings. The number of nitrogens with zero attached hydrogens (tertiary/aromatic N) is 1. The average molecular weight is 290 g/mol. The Balaban J connectivity index is 2.21. The van der Waals surface area contributed by atoms with Gasteiger partial charge in [0.25, 0.3) is 0 Å². The highest BCUT2D eigenvalue weighted by atomic mass is 16.5. The van der Waals surface area contributed by atoms with Gasteiger partial charge in [-0.1, -0.05) is 36.8 Å². The van der Waals surface area contributed by atoms with E-state index in [1.165, 1.54) is 5.56 Å². The third-order valence-corrected chi connectivity index (χ3v) is 4.13. The Kier molecular flexibility index (Phi) is 6.21. The standard InChI is InChI=1S/C17H26N2O2/c1-2-21-17(20)16-10-6-7-13-19(16)15(11-12-18)14-8-4-3-5-9-14/h3-5,8-9,15-16H,2,6-7,10-13,18H2,1H3. The lowest BCUT2D eigenvalue weighted by atomic mass is 9.94. The lowest BCUT2D eigenvalue weighted by Crippen LogP contribution is -2.47. The molecule has 1 aromatic carbocycles. The molecule has 2 N–H and O–H groups in total. The number of nitrogens with two attached hydrogens (primary N) is 1. The highest BCUT2D eigenvalue weighted by molar-refractivity contribution is 5.76. The van der Waals surface area contributed by atoms with Gasteiger partial charge in [0.2, 0.25) is 0 Å². The van der Waals surface area contributed by atoms with Crippen LogP contribution in [-0.4, -0.2) is 36.6 Å². The van der Waals surface area contributed by atoms with Crippen molar-refractivity contribution < 1.29 is 9.53 Å². The van der Waals surface area contributed by atoms with E-state index in [1.54, 1.807) is 0 Å². The Morgan fingerprint density at radius 2 is 2.14 bits per heavy atom. The summed E-state index contributed by atoms with van der Waals surface area (Å²) in [6.45, 7) is 3.85. The number of rotatable bonds is 6. The Morgan fingerprint density at radius 1 is 1.38 bits per heavy atom. The van der Waals surface area contributed by atoms with Gasteiger partial charge in [-0.2, -0.15) is 0 Å². The Morgan fingerprint density at radius 3 is 2.81 bits per heavy atom. The number of likely N-dealkylation sites (tertiary alicyclic amines) is 1. The summed E-state index contributed by atoms with van der Waals surface area (Å²) in [7, 11) is 0. The minimum Gasteiger partial charge on any atom is -0.465 e. The van der Waals surface area contributed by atoms with Gasteiger partial charge in [0, 0.05) is 6.04 Å². The van der Waals surface area contributed by atoms with Crippen LogP contribution < -0.4 is 5.73 Å². The van der Waals surface area contributed by atoms with E-state index in [0.29, 0.717) is 13.2 Å². The number of esters is 1. The Labute approximate surface area is 127 Å². The van der Waals surface area contributed by atoms with E-state index in [2.05, 4.69) is 17.0 Å². The summed E-state index contributed by atoms with van der Waals surface area (Å²) in [5.74, 6) is -0.0878. The van der Waals surface area contributed by atoms with Crippen molar-refractivity contribution in [3.05, 3.63) is 35.9 Å². The second kappa shape index (κ2) is 8.15. The quantitative estimate of drug-likeness (QED) is 0.818. The molecule has 4 heteroatoms. The first-order chi connectivity index (χ1) is 10.3. The summed E-state index contributed by atoms with van der Waals surface area (Å²) in [5.41, 5.74) is 7.05. The van der Waals surface area contributed by atoms with Crippen molar-refractivity contribution in [2.45, 2.75) is 44.7 Å². The fraction of sp³-hybridized carbons (Fsp3) is 0.588. The smallest absolute Gasteiger partial charge is 0.323 e. The summed E-state index contributed by atoms with van der Waals surface area (Å²) < 4.78 is 5.26. The molecule has 0 bridgehead atoms. The molecule has 116 valence electrons. The van der Waals surface area contributed by atoms with Gasteiger partial charge in [-0.25, -0.2) is 0 Å². The fourth-order valence-electron chi connectivity index (χ4n) is 3.18. The first kappa shape index (κ1) is 16.0. The molecular weight excluding hydrogens is 264 g/mol. The maximum Gasteiger partial charge on any atom is 0.323 e. The SMILES string of the molecule is CCOC(=O)C1CCCCN1C(CCN)c1ccccc1. The molecule has 0 spiro atoms. The van der Waals surface area contributed by atoms with E-state index in [-0.39, 0.29) is 18.1 Å². The highest BCUT2D eigenvalue weighted by Gasteiger charge is 2.34. The zero-order valence-electron chi connectivity index (χ0n) is 12.8. The third kappa shape index (κ3) is 4.05. The molecular formula is C17H26N2O2. The number of ether oxygens (including phenoxy) is 1. The molecule has 2 rings (SSSR count). The van der Waals surface area contributed by atoms with Gasteiger partial charge >= 0.3 is 5.97 Å². The molecule has 1 fully saturated rings. The van der Waals surface area contributed by atoms with Crippen LogP contribution in [-0.2, 0) is 9.53 Å². The normalized spacial score (nSPS) is 21.0. The first-order valence-electron chi connectivity index (χ1n) is 7.95. The number of carbonyl (C=O) groups is 1. The molecule has 0 aliphatic carbocycles. The van der Waals surface area contributed by atoms with Crippen molar-refractivity contribution in [1.82, 2.24) is 4.90 Å². The monoisotopic (exact) mass is 290 g/mol. The zero-order chi connectivity index (χ0) is 15.1. The second-order valence-corrected chi connectivity index (χ2v) is 5.51. The second-order valence-electron chi connectivity index (χ2n) is 5.51. The van der Waals surface area contributed by atoms with E-state index in [9.17, 15) is 4.79 Å². The average Bonchev–Trinajstić information content (AvgIpc) is 2.54. The predicted molar refractivity (Wildman–Crippen MR) is 83.8 cm³/mol. The summed E-state index contributed by atoms with van der Waals surface area (Å²) in [6.07, 6.45) is 3.96. The van der Waals surface area contributed by atoms with Gasteiger partial charge in [0.05, 0.1) is 6.61 Å². The van der Waals surface area contributed by atoms with Crippen LogP contribution in [0.25, 0.3) is 0 Å². The van der Waals surface area contributed by atoms with Gasteiger partial charge in [0.15, 0.2) is 0 Å². The van der Waals surface area contributed by atoms with Crippen molar-refractivity contribution >= 4 is 5.97 Å². The van der Waals surface area contributed by atoms with E-state index in [4.69, 9.17) is 10.5 Å². The van der Waals surface area contributed by atoms with Crippen molar-refractivity contribution in [3.63, 3.8) is 0 Å². The molecule has 0 saturated carbocycles. The summed E-state index contributed by atoms with van der Waals surface area (Å²) >= 11 is 0. The molecule has 0 radical (unpaired) electrons. The molecule has 1 heterocycles. The molecule has 1 aromatic rings. The van der Waals surface area contributed by atoms with Crippen LogP contribution in [0.3, 0.4) is 0 Å². The van der Waals surface area contributed by atoms with E-state index in [1.807, 2.05) is 25.1 Å². The maximum absolute atomic E-state index is 12.3. The first-order valence-corrected chi connectivity index (χ1v) is 7.95. The van der Waals surface area contributed by atoms with E-state index >= 15 is 0 Å². The Hall–Kier alpha value is -1.39. The molecule has 1 saturated heterocycles. The molecule has 2 unspecified atom stereocenters. The number of piperidine rings is 1. The van der Waals surface area contributed by atoms with Gasteiger partial charge in [-0.05, 0) is 44.8 Å². The lowest BCUT2D eigenvalue weighted by molar-refractivity contribution is -0.152. The van der Waals surface area contributed by atoms with Crippen molar-refractivity contribution in [3.8, 4) is 0 Å². The van der Waals surface area contributed by atoms with Crippen molar-refractivity contribution in [1.29, 1.82) is 0 Å². The van der Waals surface area contributed by atoms with Crippen LogP contribution in [0.4, 0.5) is 0 Å². The summed E-state index contributed by atoms with van der Waals surface area (Å²) in [6, 6.07) is 10.4. The van der Waals surface area contributed by atoms with Gasteiger partial charge in [-0.15, -0.1) is 0 Å². The van der Waals surface area contributed by atoms with Crippen LogP contribution in [0.15, 0.2) is 30.3 Å². The van der Waals surface area contributed by atoms with Gasteiger partial charge in [-0.3, -0.25) is 9.69 Å². The van der Waals surface area contributed by atoms with Crippen LogP contribution in [0.5, 0.6) is 0 Å². The third-order valence-electron chi connectivity index (χ3n) is 4.13. The van der Waals surface area contributed by atoms with Gasteiger partial charge in [0.1, 0.15) is 6.04 Å². The largest absolute Gasteiger partial charge is 0.465 e. The molecule has 21 heavy (non-hydrogen) atoms. The van der Waals surface area contributed by atoms with Crippen LogP contribution in [0, 0.1) is 0 Å². The summed E-state index contributed by atoms with van der Waals surface area (Å²) in [5, 5.41) is 0. The summed E-state index contributed by atoms with van der Waals surface area (Å²) in [4.78, 5) is 14.5. The van der Waals surface area contributed by atoms with Crippen LogP contribution >= 0.6 is 0 Å². The minimum atomic E-state index is -0.129.